The van der Waals surface area contributed by atoms with Gasteiger partial charge in [-0.1, -0.05) is 124 Å². The Labute approximate surface area is 689 Å². The van der Waals surface area contributed by atoms with Gasteiger partial charge in [-0.3, -0.25) is 52.8 Å². The van der Waals surface area contributed by atoms with E-state index in [-0.39, 0.29) is 112 Å². The van der Waals surface area contributed by atoms with E-state index in [2.05, 4.69) is 36.9 Å². The van der Waals surface area contributed by atoms with Crippen LogP contribution in [0.5, 0.6) is 0 Å². The number of ether oxygens (including phenoxy) is 3. The minimum absolute atomic E-state index is 0.0386. The Bertz CT molecular complexity index is 3600. The van der Waals surface area contributed by atoms with E-state index in [1.54, 1.807) is 91.9 Å². The Morgan fingerprint density at radius 3 is 1.93 bits per heavy atom. The number of methoxy groups -OCH3 is 2. The third-order valence-electron chi connectivity index (χ3n) is 21.8. The number of thiazole rings is 1. The molecular formula is C81H124N14O15S4. The second-order valence-corrected chi connectivity index (χ2v) is 36.1. The molecule has 7 rings (SSSR count). The molecule has 0 spiro atoms. The van der Waals surface area contributed by atoms with E-state index in [9.17, 15) is 57.5 Å². The van der Waals surface area contributed by atoms with Crippen molar-refractivity contribution in [3.8, 4) is 0 Å². The van der Waals surface area contributed by atoms with Gasteiger partial charge >= 0.3 is 12.1 Å². The number of aromatic nitrogens is 1. The summed E-state index contributed by atoms with van der Waals surface area (Å²) in [7, 11) is 6.16. The van der Waals surface area contributed by atoms with E-state index in [4.69, 9.17) is 19.9 Å². The first kappa shape index (κ1) is 93.4. The van der Waals surface area contributed by atoms with E-state index in [0.29, 0.717) is 78.3 Å². The van der Waals surface area contributed by atoms with Crippen molar-refractivity contribution in [2.24, 2.45) is 35.3 Å². The molecule has 1 aromatic heterocycles. The Hall–Kier alpha value is -7.72. The van der Waals surface area contributed by atoms with Crippen LogP contribution in [0.15, 0.2) is 66.2 Å². The molecular weight excluding hydrogens is 1540 g/mol. The molecule has 33 heteroatoms. The number of rotatable bonds is 38. The van der Waals surface area contributed by atoms with Crippen LogP contribution in [0.2, 0.25) is 0 Å². The number of likely N-dealkylation sites (N-methyl/N-ethyl adjacent to an activating group) is 2. The number of amides is 13. The number of carbonyl (C=O) groups excluding carboxylic acids is 12. The highest BCUT2D eigenvalue weighted by atomic mass is 32.2. The predicted octanol–water partition coefficient (Wildman–Crippen LogP) is 8.37. The standard InChI is InChI=1S/C81H124N14O15S4/c1-14-53(8)72(63(108-12)44-68(100)95-37-21-27-62(95)73(109-13)54(9)74(101)87-61(78-83-36-41-114-78)42-55-22-16-15-17-23-55)90(10)79(105)70(51(4)5)89-77(104)71(52(6)7)91(11)81(107)110-45-56-28-30-57(31-29-56)85-75(102)60(26-20-35-84-80(82)106)86-76(103)69(50(2)3)88-64(96)46-111-38-32-65(97)92-47-93-49-94(48-92)67(99)34-40-113-59-25-19-18-24-58(43-59)112-39-33-66(93)98/h15-17,22-23,28-31,36,41,50-54,58-63,69-73H,14,18-21,24-27,32-35,37-40,42-49H2,1-13H3,(H,85,102)(H,86,103)(H,87,101)(H,88,96)(H,89,104)(H3,82,84,106)/t53-,54+,58?,59?,60-,61-,62-,63+,69-,70-,71-,72-,73+/m0/s1. The number of fused-ring (bicyclic) bond motifs is 4. The first-order valence-corrected chi connectivity index (χ1v) is 44.3. The number of hydrogen-bond donors (Lipinski definition) is 7. The van der Waals surface area contributed by atoms with Gasteiger partial charge in [0.1, 0.15) is 35.8 Å². The lowest BCUT2D eigenvalue weighted by Crippen LogP contribution is -2.60. The molecule has 0 radical (unpaired) electrons. The van der Waals surface area contributed by atoms with Gasteiger partial charge < -0.3 is 76.3 Å². The maximum atomic E-state index is 15.0. The summed E-state index contributed by atoms with van der Waals surface area (Å²) in [5, 5.41) is 20.7. The van der Waals surface area contributed by atoms with Gasteiger partial charge in [0.2, 0.25) is 59.1 Å². The fourth-order valence-electron chi connectivity index (χ4n) is 15.3. The van der Waals surface area contributed by atoms with Gasteiger partial charge in [0.25, 0.3) is 0 Å². The Balaban J connectivity index is 0.899. The molecule has 3 aliphatic heterocycles. The molecule has 2 unspecified atom stereocenters. The third-order valence-corrected chi connectivity index (χ3v) is 26.4. The highest BCUT2D eigenvalue weighted by Crippen LogP contribution is 2.36. The van der Waals surface area contributed by atoms with Gasteiger partial charge in [0.15, 0.2) is 0 Å². The summed E-state index contributed by atoms with van der Waals surface area (Å²) < 4.78 is 18.0. The quantitative estimate of drug-likeness (QED) is 0.0265. The lowest BCUT2D eigenvalue weighted by atomic mass is 9.89. The predicted molar refractivity (Wildman–Crippen MR) is 445 cm³/mol. The maximum absolute atomic E-state index is 15.0. The van der Waals surface area contributed by atoms with Crippen LogP contribution in [-0.4, -0.2) is 249 Å². The summed E-state index contributed by atoms with van der Waals surface area (Å²) in [5.41, 5.74) is 7.20. The van der Waals surface area contributed by atoms with Crippen molar-refractivity contribution in [1.29, 1.82) is 0 Å². The second kappa shape index (κ2) is 46.9. The lowest BCUT2D eigenvalue weighted by molar-refractivity contribution is -0.158. The zero-order chi connectivity index (χ0) is 83.3. The molecule has 114 heavy (non-hydrogen) atoms. The van der Waals surface area contributed by atoms with Crippen molar-refractivity contribution in [2.45, 2.75) is 230 Å². The van der Waals surface area contributed by atoms with Crippen molar-refractivity contribution < 1.29 is 71.7 Å². The molecule has 3 aromatic rings. The number of nitrogens with zero attached hydrogens (tertiary/aromatic N) is 7. The molecule has 4 aliphatic rings. The monoisotopic (exact) mass is 1660 g/mol. The van der Waals surface area contributed by atoms with Crippen LogP contribution in [0.1, 0.15) is 174 Å². The number of anilines is 1. The summed E-state index contributed by atoms with van der Waals surface area (Å²) >= 11 is 6.37. The number of nitrogens with one attached hydrogen (secondary N) is 6. The number of urea groups is 1. The fraction of sp³-hybridized carbons (Fsp3) is 0.667. The summed E-state index contributed by atoms with van der Waals surface area (Å²) in [6.07, 6.45) is 8.52. The number of benzene rings is 2. The molecule has 2 aromatic carbocycles. The van der Waals surface area contributed by atoms with Gasteiger partial charge in [-0.25, -0.2) is 14.6 Å². The molecule has 632 valence electrons. The van der Waals surface area contributed by atoms with Crippen LogP contribution < -0.4 is 37.6 Å². The van der Waals surface area contributed by atoms with Crippen molar-refractivity contribution in [3.05, 3.63) is 82.3 Å². The zero-order valence-electron chi connectivity index (χ0n) is 68.7. The van der Waals surface area contributed by atoms with Gasteiger partial charge in [-0.15, -0.1) is 11.3 Å². The molecule has 29 nitrogen and oxygen atoms in total. The molecule has 1 aliphatic carbocycles. The average molecular weight is 1660 g/mol. The first-order valence-electron chi connectivity index (χ1n) is 40.2. The Morgan fingerprint density at radius 2 is 1.35 bits per heavy atom. The lowest BCUT2D eigenvalue weighted by Gasteiger charge is -2.42. The van der Waals surface area contributed by atoms with Crippen LogP contribution in [0, 0.1) is 29.6 Å². The molecule has 13 atom stereocenters. The molecule has 4 fully saturated rings. The SMILES string of the molecule is CC[C@H](C)[C@@H]([C@@H](CC(=O)N1CCC[C@H]1[C@H](OC)[C@@H](C)C(=O)N[C@@H](Cc1ccccc1)c1nccs1)OC)N(C)C(=O)[C@@H](NC(=O)[C@H](C(C)C)N(C)C(=O)OCc1ccc(NC(=O)[C@H](CCCNC(N)=O)NC(=O)[C@@H](NC(=O)CSCCC(=O)N2CN3CN(C2)C(=O)CCSC2CCCCC(C2)SCCC3=O)C(C)C)cc1)C(C)C. The smallest absolute Gasteiger partial charge is 0.410 e. The number of nitrogens with two attached hydrogens (primary N) is 1. The Kier molecular flexibility index (Phi) is 38.4. The summed E-state index contributed by atoms with van der Waals surface area (Å²) in [5.74, 6) is -4.26. The molecule has 4 bridgehead atoms. The normalized spacial score (nSPS) is 19.6. The number of primary amides is 1. The van der Waals surface area contributed by atoms with E-state index in [1.165, 1.54) is 59.9 Å². The maximum Gasteiger partial charge on any atom is 0.410 e. The topological polar surface area (TPSA) is 363 Å². The third kappa shape index (κ3) is 28.0. The van der Waals surface area contributed by atoms with E-state index in [1.807, 2.05) is 93.9 Å². The zero-order valence-corrected chi connectivity index (χ0v) is 72.0. The molecule has 4 heterocycles. The van der Waals surface area contributed by atoms with Crippen LogP contribution in [0.4, 0.5) is 15.3 Å². The average Bonchev–Trinajstić information content (AvgIpc) is 1.34. The van der Waals surface area contributed by atoms with Gasteiger partial charge in [-0.2, -0.15) is 35.3 Å². The molecule has 8 N–H and O–H groups in total. The van der Waals surface area contributed by atoms with Crippen LogP contribution in [0.25, 0.3) is 0 Å². The summed E-state index contributed by atoms with van der Waals surface area (Å²) in [6.45, 7) is 17.0. The van der Waals surface area contributed by atoms with Crippen molar-refractivity contribution in [3.63, 3.8) is 0 Å². The van der Waals surface area contributed by atoms with Crippen molar-refractivity contribution in [2.75, 3.05) is 89.7 Å². The van der Waals surface area contributed by atoms with E-state index >= 15 is 0 Å². The van der Waals surface area contributed by atoms with Gasteiger partial charge in [-0.05, 0) is 98.3 Å². The van der Waals surface area contributed by atoms with Crippen LogP contribution in [-0.2, 0) is 75.2 Å². The van der Waals surface area contributed by atoms with E-state index < -0.39 is 114 Å². The minimum Gasteiger partial charge on any atom is -0.445 e. The number of thioether (sulfide) groups is 3. The highest BCUT2D eigenvalue weighted by Gasteiger charge is 2.45. The summed E-state index contributed by atoms with van der Waals surface area (Å²) in [6, 6.07) is 9.70. The largest absolute Gasteiger partial charge is 0.445 e. The fourth-order valence-corrected chi connectivity index (χ4v) is 19.5. The summed E-state index contributed by atoms with van der Waals surface area (Å²) in [4.78, 5) is 180. The van der Waals surface area contributed by atoms with Crippen molar-refractivity contribution >= 4 is 124 Å². The van der Waals surface area contributed by atoms with Gasteiger partial charge in [0, 0.05) is 106 Å². The molecule has 13 amide bonds. The molecule has 1 saturated carbocycles. The Morgan fingerprint density at radius 1 is 0.702 bits per heavy atom. The van der Waals surface area contributed by atoms with Gasteiger partial charge in [0.05, 0.1) is 68.4 Å². The number of carbonyl (C=O) groups is 12. The second-order valence-electron chi connectivity index (χ2n) is 31.3. The van der Waals surface area contributed by atoms with Crippen molar-refractivity contribution in [1.82, 2.24) is 61.0 Å². The number of likely N-dealkylation sites (tertiary alicyclic amines) is 1. The van der Waals surface area contributed by atoms with Crippen LogP contribution >= 0.6 is 46.6 Å². The highest BCUT2D eigenvalue weighted by molar-refractivity contribution is 8.00. The first-order chi connectivity index (χ1) is 54.4. The number of hydrogen-bond acceptors (Lipinski definition) is 20. The van der Waals surface area contributed by atoms with E-state index in [0.717, 1.165) is 29.8 Å². The molecule has 3 saturated heterocycles. The minimum atomic E-state index is -1.15. The van der Waals surface area contributed by atoms with Crippen LogP contribution in [0.3, 0.4) is 0 Å².